The highest BCUT2D eigenvalue weighted by Crippen LogP contribution is 2.09. The second kappa shape index (κ2) is 4.84. The molecule has 0 aliphatic heterocycles. The SMILES string of the molecule is CCc1nc(Cn2cnc3cc(F)ccc3c2=O)no1. The van der Waals surface area contributed by atoms with Crippen LogP contribution in [0.15, 0.2) is 33.8 Å². The molecule has 0 unspecified atom stereocenters. The van der Waals surface area contributed by atoms with Crippen molar-refractivity contribution >= 4 is 10.9 Å². The summed E-state index contributed by atoms with van der Waals surface area (Å²) in [7, 11) is 0. The summed E-state index contributed by atoms with van der Waals surface area (Å²) in [6, 6.07) is 3.88. The Bertz CT molecular complexity index is 825. The highest BCUT2D eigenvalue weighted by molar-refractivity contribution is 5.77. The molecule has 20 heavy (non-hydrogen) atoms. The number of nitrogens with zero attached hydrogens (tertiary/aromatic N) is 4. The molecular weight excluding hydrogens is 263 g/mol. The number of fused-ring (bicyclic) bond motifs is 1. The molecule has 3 rings (SSSR count). The van der Waals surface area contributed by atoms with Crippen LogP contribution in [0.2, 0.25) is 0 Å². The number of aryl methyl sites for hydroxylation is 1. The van der Waals surface area contributed by atoms with E-state index in [1.54, 1.807) is 0 Å². The Morgan fingerprint density at radius 2 is 2.25 bits per heavy atom. The molecule has 0 aliphatic rings. The van der Waals surface area contributed by atoms with Crippen LogP contribution < -0.4 is 5.56 Å². The van der Waals surface area contributed by atoms with Crippen molar-refractivity contribution in [3.05, 3.63) is 52.4 Å². The van der Waals surface area contributed by atoms with E-state index in [4.69, 9.17) is 4.52 Å². The molecule has 0 amide bonds. The van der Waals surface area contributed by atoms with E-state index in [0.29, 0.717) is 29.0 Å². The van der Waals surface area contributed by atoms with Gasteiger partial charge in [0.25, 0.3) is 5.56 Å². The maximum atomic E-state index is 13.1. The van der Waals surface area contributed by atoms with E-state index in [0.717, 1.165) is 0 Å². The first-order valence-corrected chi connectivity index (χ1v) is 6.13. The van der Waals surface area contributed by atoms with Gasteiger partial charge < -0.3 is 4.52 Å². The first-order valence-electron chi connectivity index (χ1n) is 6.13. The van der Waals surface area contributed by atoms with Crippen molar-refractivity contribution in [1.29, 1.82) is 0 Å². The minimum atomic E-state index is -0.423. The summed E-state index contributed by atoms with van der Waals surface area (Å²) < 4.78 is 19.4. The van der Waals surface area contributed by atoms with E-state index >= 15 is 0 Å². The fourth-order valence-electron chi connectivity index (χ4n) is 1.89. The van der Waals surface area contributed by atoms with Gasteiger partial charge in [0.2, 0.25) is 5.89 Å². The zero-order chi connectivity index (χ0) is 14.1. The normalized spacial score (nSPS) is 11.1. The standard InChI is InChI=1S/C13H11FN4O2/c1-2-12-16-11(17-20-12)6-18-7-15-10-5-8(14)3-4-9(10)13(18)19/h3-5,7H,2,6H2,1H3. The van der Waals surface area contributed by atoms with Crippen LogP contribution in [0.4, 0.5) is 4.39 Å². The Balaban J connectivity index is 2.02. The summed E-state index contributed by atoms with van der Waals surface area (Å²) in [5.41, 5.74) is 0.0615. The Labute approximate surface area is 112 Å². The van der Waals surface area contributed by atoms with Crippen LogP contribution >= 0.6 is 0 Å². The van der Waals surface area contributed by atoms with E-state index < -0.39 is 5.82 Å². The lowest BCUT2D eigenvalue weighted by Crippen LogP contribution is -2.21. The summed E-state index contributed by atoms with van der Waals surface area (Å²) in [6.07, 6.45) is 1.99. The summed E-state index contributed by atoms with van der Waals surface area (Å²) in [5.74, 6) is 0.504. The van der Waals surface area contributed by atoms with Crippen molar-refractivity contribution in [3.8, 4) is 0 Å². The first kappa shape index (κ1) is 12.5. The fraction of sp³-hybridized carbons (Fsp3) is 0.231. The Morgan fingerprint density at radius 3 is 3.00 bits per heavy atom. The largest absolute Gasteiger partial charge is 0.339 e. The predicted octanol–water partition coefficient (Wildman–Crippen LogP) is 1.53. The molecule has 0 radical (unpaired) electrons. The van der Waals surface area contributed by atoms with Gasteiger partial charge in [0.1, 0.15) is 5.82 Å². The van der Waals surface area contributed by atoms with Crippen molar-refractivity contribution in [2.45, 2.75) is 19.9 Å². The van der Waals surface area contributed by atoms with Crippen molar-refractivity contribution in [3.63, 3.8) is 0 Å². The molecular formula is C13H11FN4O2. The molecule has 0 spiro atoms. The van der Waals surface area contributed by atoms with E-state index in [1.807, 2.05) is 6.92 Å². The second-order valence-electron chi connectivity index (χ2n) is 4.30. The van der Waals surface area contributed by atoms with E-state index in [-0.39, 0.29) is 12.1 Å². The highest BCUT2D eigenvalue weighted by Gasteiger charge is 2.09. The van der Waals surface area contributed by atoms with Gasteiger partial charge in [0.15, 0.2) is 5.82 Å². The minimum absolute atomic E-state index is 0.169. The van der Waals surface area contributed by atoms with Crippen molar-refractivity contribution in [1.82, 2.24) is 19.7 Å². The number of halogens is 1. The smallest absolute Gasteiger partial charge is 0.261 e. The second-order valence-corrected chi connectivity index (χ2v) is 4.30. The predicted molar refractivity (Wildman–Crippen MR) is 68.7 cm³/mol. The van der Waals surface area contributed by atoms with Gasteiger partial charge in [-0.15, -0.1) is 0 Å². The molecule has 0 saturated carbocycles. The van der Waals surface area contributed by atoms with Gasteiger partial charge in [-0.05, 0) is 12.1 Å². The van der Waals surface area contributed by atoms with Gasteiger partial charge in [-0.2, -0.15) is 4.98 Å². The van der Waals surface area contributed by atoms with E-state index in [1.165, 1.54) is 29.1 Å². The Hall–Kier alpha value is -2.57. The molecule has 0 N–H and O–H groups in total. The van der Waals surface area contributed by atoms with Crippen LogP contribution in [0.5, 0.6) is 0 Å². The molecule has 0 aliphatic carbocycles. The van der Waals surface area contributed by atoms with E-state index in [9.17, 15) is 9.18 Å². The summed E-state index contributed by atoms with van der Waals surface area (Å²) >= 11 is 0. The Morgan fingerprint density at radius 1 is 1.40 bits per heavy atom. The molecule has 0 saturated heterocycles. The molecule has 3 aromatic rings. The lowest BCUT2D eigenvalue weighted by molar-refractivity contribution is 0.375. The van der Waals surface area contributed by atoms with Gasteiger partial charge in [-0.1, -0.05) is 12.1 Å². The topological polar surface area (TPSA) is 73.8 Å². The van der Waals surface area contributed by atoms with Gasteiger partial charge >= 0.3 is 0 Å². The van der Waals surface area contributed by atoms with Crippen LogP contribution in [0, 0.1) is 5.82 Å². The third-order valence-electron chi connectivity index (χ3n) is 2.91. The third kappa shape index (κ3) is 2.18. The molecule has 0 bridgehead atoms. The summed E-state index contributed by atoms with van der Waals surface area (Å²) in [6.45, 7) is 2.07. The third-order valence-corrected chi connectivity index (χ3v) is 2.91. The quantitative estimate of drug-likeness (QED) is 0.724. The molecule has 2 aromatic heterocycles. The number of aromatic nitrogens is 4. The average molecular weight is 274 g/mol. The number of hydrogen-bond donors (Lipinski definition) is 0. The molecule has 1 aromatic carbocycles. The van der Waals surface area contributed by atoms with Gasteiger partial charge in [0.05, 0.1) is 23.8 Å². The maximum Gasteiger partial charge on any atom is 0.261 e. The average Bonchev–Trinajstić information content (AvgIpc) is 2.89. The van der Waals surface area contributed by atoms with Crippen LogP contribution in [0.3, 0.4) is 0 Å². The van der Waals surface area contributed by atoms with Crippen LogP contribution in [0.1, 0.15) is 18.6 Å². The molecule has 2 heterocycles. The zero-order valence-electron chi connectivity index (χ0n) is 10.7. The van der Waals surface area contributed by atoms with Gasteiger partial charge in [0, 0.05) is 12.5 Å². The lowest BCUT2D eigenvalue weighted by atomic mass is 10.2. The maximum absolute atomic E-state index is 13.1. The van der Waals surface area contributed by atoms with Crippen LogP contribution in [-0.2, 0) is 13.0 Å². The molecule has 7 heteroatoms. The molecule has 102 valence electrons. The number of rotatable bonds is 3. The van der Waals surface area contributed by atoms with Crippen LogP contribution in [-0.4, -0.2) is 19.7 Å². The molecule has 6 nitrogen and oxygen atoms in total. The van der Waals surface area contributed by atoms with Crippen molar-refractivity contribution < 1.29 is 8.91 Å². The lowest BCUT2D eigenvalue weighted by Gasteiger charge is -2.03. The summed E-state index contributed by atoms with van der Waals surface area (Å²) in [4.78, 5) is 20.4. The zero-order valence-corrected chi connectivity index (χ0v) is 10.7. The van der Waals surface area contributed by atoms with Crippen molar-refractivity contribution in [2.24, 2.45) is 0 Å². The molecule has 0 atom stereocenters. The van der Waals surface area contributed by atoms with E-state index in [2.05, 4.69) is 15.1 Å². The molecule has 0 fully saturated rings. The first-order chi connectivity index (χ1) is 9.67. The Kier molecular flexibility index (Phi) is 3.02. The van der Waals surface area contributed by atoms with Gasteiger partial charge in [-0.25, -0.2) is 9.37 Å². The monoisotopic (exact) mass is 274 g/mol. The number of benzene rings is 1. The van der Waals surface area contributed by atoms with Crippen LogP contribution in [0.25, 0.3) is 10.9 Å². The summed E-state index contributed by atoms with van der Waals surface area (Å²) in [5, 5.41) is 4.14. The minimum Gasteiger partial charge on any atom is -0.339 e. The highest BCUT2D eigenvalue weighted by atomic mass is 19.1. The van der Waals surface area contributed by atoms with Crippen molar-refractivity contribution in [2.75, 3.05) is 0 Å². The van der Waals surface area contributed by atoms with Gasteiger partial charge in [-0.3, -0.25) is 9.36 Å². The number of hydrogen-bond acceptors (Lipinski definition) is 5. The fourth-order valence-corrected chi connectivity index (χ4v) is 1.89.